The molecule has 0 spiro atoms. The number of nitro benzene ring substituents is 1. The number of halogens is 1. The van der Waals surface area contributed by atoms with Gasteiger partial charge in [0.15, 0.2) is 5.70 Å². The highest BCUT2D eigenvalue weighted by molar-refractivity contribution is 6.12. The largest absolute Gasteiger partial charge is 0.457 e. The number of non-ortho nitro benzene ring substituents is 1. The summed E-state index contributed by atoms with van der Waals surface area (Å²) < 4.78 is 24.5. The number of aliphatic imine (C=N–C) groups is 1. The highest BCUT2D eigenvalue weighted by Gasteiger charge is 2.25. The molecule has 0 atom stereocenters. The summed E-state index contributed by atoms with van der Waals surface area (Å²) in [6, 6.07) is 14.9. The number of esters is 1. The topological polar surface area (TPSA) is 94.9 Å². The zero-order valence-electron chi connectivity index (χ0n) is 14.2. The lowest BCUT2D eigenvalue weighted by Gasteiger charge is -1.98. The Labute approximate surface area is 157 Å². The summed E-state index contributed by atoms with van der Waals surface area (Å²) in [6.45, 7) is 0. The lowest BCUT2D eigenvalue weighted by atomic mass is 10.1. The molecule has 0 saturated carbocycles. The number of cyclic esters (lactones) is 1. The van der Waals surface area contributed by atoms with Crippen molar-refractivity contribution in [3.63, 3.8) is 0 Å². The summed E-state index contributed by atoms with van der Waals surface area (Å²) in [5, 5.41) is 10.9. The standard InChI is InChI=1S/C20H11FN2O5/c21-16-7-2-1-6-15(16)18-9-8-14(27-18)11-17-20(24)28-19(22-17)12-4-3-5-13(10-12)23(25)26/h1-11H/b17-11-. The van der Waals surface area contributed by atoms with Gasteiger partial charge in [0.1, 0.15) is 17.3 Å². The summed E-state index contributed by atoms with van der Waals surface area (Å²) in [7, 11) is 0. The minimum atomic E-state index is -0.717. The van der Waals surface area contributed by atoms with E-state index in [1.807, 2.05) is 0 Å². The zero-order valence-corrected chi connectivity index (χ0v) is 14.2. The molecule has 1 aliphatic rings. The number of hydrogen-bond donors (Lipinski definition) is 0. The molecule has 1 aliphatic heterocycles. The zero-order chi connectivity index (χ0) is 19.7. The number of hydrogen-bond acceptors (Lipinski definition) is 6. The van der Waals surface area contributed by atoms with Crippen LogP contribution in [-0.2, 0) is 9.53 Å². The van der Waals surface area contributed by atoms with Crippen molar-refractivity contribution in [2.45, 2.75) is 0 Å². The fourth-order valence-corrected chi connectivity index (χ4v) is 2.66. The van der Waals surface area contributed by atoms with Gasteiger partial charge in [0.05, 0.1) is 10.5 Å². The molecule has 0 aliphatic carbocycles. The molecule has 2 aromatic carbocycles. The Kier molecular flexibility index (Phi) is 4.29. The molecular formula is C20H11FN2O5. The smallest absolute Gasteiger partial charge is 0.363 e. The van der Waals surface area contributed by atoms with E-state index in [1.54, 1.807) is 36.4 Å². The highest BCUT2D eigenvalue weighted by Crippen LogP contribution is 2.27. The van der Waals surface area contributed by atoms with Crippen LogP contribution in [0.4, 0.5) is 10.1 Å². The summed E-state index contributed by atoms with van der Waals surface area (Å²) in [6.07, 6.45) is 1.36. The minimum absolute atomic E-state index is 0.0315. The second-order valence-electron chi connectivity index (χ2n) is 5.83. The number of benzene rings is 2. The maximum Gasteiger partial charge on any atom is 0.363 e. The Morgan fingerprint density at radius 1 is 1.07 bits per heavy atom. The Hall–Kier alpha value is -4.07. The lowest BCUT2D eigenvalue weighted by Crippen LogP contribution is -2.05. The van der Waals surface area contributed by atoms with Crippen molar-refractivity contribution in [3.8, 4) is 11.3 Å². The van der Waals surface area contributed by atoms with Gasteiger partial charge in [-0.1, -0.05) is 18.2 Å². The molecule has 0 bridgehead atoms. The Bertz CT molecular complexity index is 1160. The first-order valence-corrected chi connectivity index (χ1v) is 8.13. The van der Waals surface area contributed by atoms with E-state index in [2.05, 4.69) is 4.99 Å². The Morgan fingerprint density at radius 2 is 1.89 bits per heavy atom. The van der Waals surface area contributed by atoms with Gasteiger partial charge < -0.3 is 9.15 Å². The van der Waals surface area contributed by atoms with Gasteiger partial charge in [0.25, 0.3) is 5.69 Å². The van der Waals surface area contributed by atoms with Gasteiger partial charge in [-0.05, 0) is 30.3 Å². The van der Waals surface area contributed by atoms with Crippen molar-refractivity contribution in [1.82, 2.24) is 0 Å². The predicted octanol–water partition coefficient (Wildman–Crippen LogP) is 4.34. The first-order valence-electron chi connectivity index (χ1n) is 8.13. The number of rotatable bonds is 4. The maximum absolute atomic E-state index is 13.9. The van der Waals surface area contributed by atoms with E-state index in [9.17, 15) is 19.3 Å². The second-order valence-corrected chi connectivity index (χ2v) is 5.83. The van der Waals surface area contributed by atoms with Crippen LogP contribution in [0, 0.1) is 15.9 Å². The van der Waals surface area contributed by atoms with Gasteiger partial charge in [0, 0.05) is 23.8 Å². The lowest BCUT2D eigenvalue weighted by molar-refractivity contribution is -0.384. The fourth-order valence-electron chi connectivity index (χ4n) is 2.66. The van der Waals surface area contributed by atoms with Gasteiger partial charge >= 0.3 is 5.97 Å². The summed E-state index contributed by atoms with van der Waals surface area (Å²) in [4.78, 5) is 26.5. The summed E-state index contributed by atoms with van der Waals surface area (Å²) in [5.74, 6) is -0.595. The number of ether oxygens (including phenoxy) is 1. The van der Waals surface area contributed by atoms with E-state index >= 15 is 0 Å². The Balaban J connectivity index is 1.64. The first-order chi connectivity index (χ1) is 13.5. The van der Waals surface area contributed by atoms with Crippen LogP contribution in [0.2, 0.25) is 0 Å². The van der Waals surface area contributed by atoms with Crippen LogP contribution in [0.25, 0.3) is 17.4 Å². The van der Waals surface area contributed by atoms with Crippen LogP contribution in [0.1, 0.15) is 11.3 Å². The number of carbonyl (C=O) groups is 1. The van der Waals surface area contributed by atoms with Crippen molar-refractivity contribution < 1.29 is 23.3 Å². The van der Waals surface area contributed by atoms with Gasteiger partial charge in [-0.3, -0.25) is 10.1 Å². The molecule has 28 heavy (non-hydrogen) atoms. The average molecular weight is 378 g/mol. The van der Waals surface area contributed by atoms with E-state index in [0.717, 1.165) is 0 Å². The molecule has 8 heteroatoms. The van der Waals surface area contributed by atoms with Crippen LogP contribution in [0.15, 0.2) is 75.8 Å². The predicted molar refractivity (Wildman–Crippen MR) is 97.8 cm³/mol. The molecule has 138 valence electrons. The third-order valence-electron chi connectivity index (χ3n) is 3.97. The fraction of sp³-hybridized carbons (Fsp3) is 0. The van der Waals surface area contributed by atoms with Gasteiger partial charge in [0.2, 0.25) is 5.90 Å². The molecule has 0 N–H and O–H groups in total. The van der Waals surface area contributed by atoms with Crippen molar-refractivity contribution >= 4 is 23.6 Å². The van der Waals surface area contributed by atoms with E-state index in [4.69, 9.17) is 9.15 Å². The quantitative estimate of drug-likeness (QED) is 0.291. The molecule has 3 aromatic rings. The van der Waals surface area contributed by atoms with E-state index < -0.39 is 16.7 Å². The van der Waals surface area contributed by atoms with Crippen LogP contribution in [0.3, 0.4) is 0 Å². The third kappa shape index (κ3) is 3.30. The van der Waals surface area contributed by atoms with Crippen molar-refractivity contribution in [3.05, 3.63) is 93.6 Å². The normalized spacial score (nSPS) is 14.8. The van der Waals surface area contributed by atoms with Gasteiger partial charge in [-0.15, -0.1) is 0 Å². The van der Waals surface area contributed by atoms with Crippen LogP contribution < -0.4 is 0 Å². The van der Waals surface area contributed by atoms with E-state index in [0.29, 0.717) is 16.9 Å². The molecule has 7 nitrogen and oxygen atoms in total. The van der Waals surface area contributed by atoms with E-state index in [1.165, 1.54) is 30.3 Å². The SMILES string of the molecule is O=C1OC(c2cccc([N+](=O)[O-])c2)=N/C1=C\c1ccc(-c2ccccc2F)o1. The molecule has 0 fully saturated rings. The van der Waals surface area contributed by atoms with Crippen LogP contribution >= 0.6 is 0 Å². The second kappa shape index (κ2) is 6.92. The molecule has 0 unspecified atom stereocenters. The van der Waals surface area contributed by atoms with Crippen molar-refractivity contribution in [1.29, 1.82) is 0 Å². The molecule has 2 heterocycles. The molecule has 0 amide bonds. The van der Waals surface area contributed by atoms with Gasteiger partial charge in [-0.25, -0.2) is 14.2 Å². The molecule has 0 radical (unpaired) electrons. The average Bonchev–Trinajstić information content (AvgIpc) is 3.30. The minimum Gasteiger partial charge on any atom is -0.457 e. The highest BCUT2D eigenvalue weighted by atomic mass is 19.1. The van der Waals surface area contributed by atoms with Crippen molar-refractivity contribution in [2.24, 2.45) is 4.99 Å². The molecule has 4 rings (SSSR count). The number of furan rings is 1. The van der Waals surface area contributed by atoms with Crippen LogP contribution in [-0.4, -0.2) is 16.8 Å². The van der Waals surface area contributed by atoms with Gasteiger partial charge in [-0.2, -0.15) is 0 Å². The summed E-state index contributed by atoms with van der Waals surface area (Å²) in [5.41, 5.74) is 0.421. The molecule has 1 aromatic heterocycles. The third-order valence-corrected chi connectivity index (χ3v) is 3.97. The van der Waals surface area contributed by atoms with E-state index in [-0.39, 0.29) is 23.0 Å². The molecule has 0 saturated heterocycles. The van der Waals surface area contributed by atoms with Crippen molar-refractivity contribution in [2.75, 3.05) is 0 Å². The number of nitrogens with zero attached hydrogens (tertiary/aromatic N) is 2. The monoisotopic (exact) mass is 378 g/mol. The number of carbonyl (C=O) groups excluding carboxylic acids is 1. The number of nitro groups is 1. The summed E-state index contributed by atoms with van der Waals surface area (Å²) >= 11 is 0. The Morgan fingerprint density at radius 3 is 2.68 bits per heavy atom. The molecular weight excluding hydrogens is 367 g/mol. The van der Waals surface area contributed by atoms with Crippen LogP contribution in [0.5, 0.6) is 0 Å². The maximum atomic E-state index is 13.9. The first kappa shape index (κ1) is 17.3.